The average molecular weight is 517 g/mol. The molecule has 0 saturated carbocycles. The van der Waals surface area contributed by atoms with Crippen molar-refractivity contribution in [2.75, 3.05) is 26.3 Å². The number of carbonyl (C=O) groups is 2. The van der Waals surface area contributed by atoms with Crippen molar-refractivity contribution in [3.63, 3.8) is 0 Å². The molecule has 5 rings (SSSR count). The molecule has 0 unspecified atom stereocenters. The summed E-state index contributed by atoms with van der Waals surface area (Å²) in [5, 5.41) is 0.892. The number of benzene rings is 1. The summed E-state index contributed by atoms with van der Waals surface area (Å²) in [6.45, 7) is 3.80. The molecule has 3 aromatic rings. The van der Waals surface area contributed by atoms with Crippen molar-refractivity contribution in [1.29, 1.82) is 0 Å². The molecule has 0 aliphatic carbocycles. The normalized spacial score (nSPS) is 19.1. The first-order chi connectivity index (χ1) is 18.3. The molecule has 4 N–H and O–H groups in total. The quantitative estimate of drug-likeness (QED) is 0.547. The zero-order chi connectivity index (χ0) is 26.8. The molecule has 0 spiro atoms. The van der Waals surface area contributed by atoms with E-state index in [0.29, 0.717) is 60.3 Å². The predicted molar refractivity (Wildman–Crippen MR) is 143 cm³/mol. The number of aromatic nitrogens is 2. The maximum absolute atomic E-state index is 15.7. The molecule has 38 heavy (non-hydrogen) atoms. The molecule has 1 aromatic carbocycles. The molecule has 4 heterocycles. The topological polar surface area (TPSA) is 137 Å². The van der Waals surface area contributed by atoms with Gasteiger partial charge in [-0.05, 0) is 25.0 Å². The number of aliphatic imine (C=N–C) groups is 1. The number of primary amides is 1. The molecule has 9 nitrogen and oxygen atoms in total. The maximum Gasteiger partial charge on any atom is 0.267 e. The van der Waals surface area contributed by atoms with E-state index in [4.69, 9.17) is 21.2 Å². The summed E-state index contributed by atoms with van der Waals surface area (Å²) in [5.74, 6) is -1.23. The summed E-state index contributed by atoms with van der Waals surface area (Å²) in [6, 6.07) is 8.38. The number of hydrogen-bond donors (Lipinski definition) is 2. The summed E-state index contributed by atoms with van der Waals surface area (Å²) in [6.07, 6.45) is 5.24. The molecular weight excluding hydrogens is 487 g/mol. The second-order valence-corrected chi connectivity index (χ2v) is 9.49. The summed E-state index contributed by atoms with van der Waals surface area (Å²) >= 11 is 0. The summed E-state index contributed by atoms with van der Waals surface area (Å²) in [5.41, 5.74) is 15.4. The van der Waals surface area contributed by atoms with Gasteiger partial charge in [-0.25, -0.2) is 4.39 Å². The molecule has 0 radical (unpaired) electrons. The van der Waals surface area contributed by atoms with Gasteiger partial charge in [0.1, 0.15) is 11.4 Å². The highest BCUT2D eigenvalue weighted by Gasteiger charge is 2.27. The van der Waals surface area contributed by atoms with Crippen molar-refractivity contribution in [3.05, 3.63) is 65.4 Å². The van der Waals surface area contributed by atoms with E-state index in [1.807, 2.05) is 6.07 Å². The third-order valence-corrected chi connectivity index (χ3v) is 7.07. The van der Waals surface area contributed by atoms with Crippen molar-refractivity contribution in [1.82, 2.24) is 14.9 Å². The molecule has 10 heteroatoms. The van der Waals surface area contributed by atoms with E-state index in [9.17, 15) is 9.59 Å². The Kier molecular flexibility index (Phi) is 7.15. The smallest absolute Gasteiger partial charge is 0.267 e. The molecule has 2 aliphatic rings. The van der Waals surface area contributed by atoms with E-state index in [2.05, 4.69) is 9.97 Å². The van der Waals surface area contributed by atoms with E-state index >= 15 is 4.39 Å². The number of fused-ring (bicyclic) bond motifs is 1. The van der Waals surface area contributed by atoms with Crippen LogP contribution in [-0.2, 0) is 9.53 Å². The van der Waals surface area contributed by atoms with Gasteiger partial charge in [0.15, 0.2) is 5.82 Å². The minimum absolute atomic E-state index is 0.0355. The number of piperidine rings is 1. The van der Waals surface area contributed by atoms with Crippen molar-refractivity contribution in [3.8, 4) is 11.3 Å². The Labute approximate surface area is 219 Å². The van der Waals surface area contributed by atoms with Crippen LogP contribution in [0, 0.1) is 5.82 Å². The van der Waals surface area contributed by atoms with Crippen molar-refractivity contribution in [2.24, 2.45) is 16.5 Å². The van der Waals surface area contributed by atoms with Crippen LogP contribution in [0.1, 0.15) is 42.2 Å². The van der Waals surface area contributed by atoms with Gasteiger partial charge >= 0.3 is 0 Å². The van der Waals surface area contributed by atoms with E-state index in [-0.39, 0.29) is 23.3 Å². The monoisotopic (exact) mass is 516 g/mol. The molecule has 2 aromatic heterocycles. The highest BCUT2D eigenvalue weighted by Crippen LogP contribution is 2.32. The third-order valence-electron chi connectivity index (χ3n) is 7.07. The second-order valence-electron chi connectivity index (χ2n) is 9.49. The van der Waals surface area contributed by atoms with Crippen LogP contribution >= 0.6 is 0 Å². The van der Waals surface area contributed by atoms with Crippen LogP contribution in [-0.4, -0.2) is 64.7 Å². The molecular formula is C28H29FN6O3. The molecule has 2 aliphatic heterocycles. The van der Waals surface area contributed by atoms with Crippen LogP contribution in [0.5, 0.6) is 0 Å². The fraction of sp³-hybridized carbons (Fsp3) is 0.321. The van der Waals surface area contributed by atoms with Crippen LogP contribution < -0.4 is 11.5 Å². The number of amides is 2. The number of carbonyl (C=O) groups excluding carboxylic acids is 2. The van der Waals surface area contributed by atoms with Gasteiger partial charge in [-0.2, -0.15) is 0 Å². The Balaban J connectivity index is 1.59. The molecule has 2 amide bonds. The van der Waals surface area contributed by atoms with Crippen LogP contribution in [0.2, 0.25) is 0 Å². The lowest BCUT2D eigenvalue weighted by Crippen LogP contribution is -2.40. The first-order valence-corrected chi connectivity index (χ1v) is 12.6. The Morgan fingerprint density at radius 1 is 1.08 bits per heavy atom. The van der Waals surface area contributed by atoms with Crippen LogP contribution in [0.4, 0.5) is 4.39 Å². The van der Waals surface area contributed by atoms with E-state index in [0.717, 1.165) is 24.1 Å². The summed E-state index contributed by atoms with van der Waals surface area (Å²) in [7, 11) is 0. The van der Waals surface area contributed by atoms with Gasteiger partial charge in [-0.15, -0.1) is 0 Å². The molecule has 0 atom stereocenters. The highest BCUT2D eigenvalue weighted by molar-refractivity contribution is 6.10. The highest BCUT2D eigenvalue weighted by atomic mass is 19.1. The van der Waals surface area contributed by atoms with E-state index in [1.165, 1.54) is 19.2 Å². The number of likely N-dealkylation sites (tertiary alicyclic amines) is 1. The van der Waals surface area contributed by atoms with Crippen LogP contribution in [0.15, 0.2) is 53.3 Å². The first-order valence-electron chi connectivity index (χ1n) is 12.6. The van der Waals surface area contributed by atoms with Crippen molar-refractivity contribution in [2.45, 2.75) is 32.2 Å². The average Bonchev–Trinajstić information content (AvgIpc) is 2.93. The molecule has 2 saturated heterocycles. The molecule has 0 bridgehead atoms. The van der Waals surface area contributed by atoms with Gasteiger partial charge < -0.3 is 21.1 Å². The summed E-state index contributed by atoms with van der Waals surface area (Å²) < 4.78 is 21.2. The number of nitrogens with two attached hydrogens (primary N) is 2. The van der Waals surface area contributed by atoms with E-state index in [1.54, 1.807) is 29.3 Å². The lowest BCUT2D eigenvalue weighted by molar-refractivity contribution is -0.128. The van der Waals surface area contributed by atoms with E-state index < -0.39 is 11.7 Å². The lowest BCUT2D eigenvalue weighted by Gasteiger charge is -2.31. The first kappa shape index (κ1) is 25.5. The number of hydrogen-bond acceptors (Lipinski definition) is 7. The predicted octanol–water partition coefficient (Wildman–Crippen LogP) is 3.08. The molecule has 2 fully saturated rings. The fourth-order valence-corrected chi connectivity index (χ4v) is 4.93. The second kappa shape index (κ2) is 10.7. The minimum atomic E-state index is -0.664. The van der Waals surface area contributed by atoms with Gasteiger partial charge in [-0.3, -0.25) is 24.5 Å². The Morgan fingerprint density at radius 2 is 1.87 bits per heavy atom. The van der Waals surface area contributed by atoms with Crippen LogP contribution in [0.25, 0.3) is 27.7 Å². The SMILES string of the molecule is CC(=O)N1CCC(=NC2CCOCC2)C(=C(N)c2cccc3c(F)c(-c4ccc(C(N)=O)nc4)ncc23)C1. The third kappa shape index (κ3) is 4.99. The van der Waals surface area contributed by atoms with Crippen LogP contribution in [0.3, 0.4) is 0 Å². The Morgan fingerprint density at radius 3 is 2.55 bits per heavy atom. The Hall–Kier alpha value is -4.18. The van der Waals surface area contributed by atoms with Gasteiger partial charge in [0.2, 0.25) is 5.91 Å². The maximum atomic E-state index is 15.7. The Bertz CT molecular complexity index is 1460. The van der Waals surface area contributed by atoms with Crippen molar-refractivity contribution >= 4 is 34.0 Å². The van der Waals surface area contributed by atoms with Gasteiger partial charge in [-0.1, -0.05) is 18.2 Å². The number of pyridine rings is 2. The van der Waals surface area contributed by atoms with Gasteiger partial charge in [0.05, 0.1) is 6.04 Å². The lowest BCUT2D eigenvalue weighted by atomic mass is 9.93. The van der Waals surface area contributed by atoms with Gasteiger partial charge in [0.25, 0.3) is 5.91 Å². The number of nitrogens with zero attached hydrogens (tertiary/aromatic N) is 4. The zero-order valence-corrected chi connectivity index (χ0v) is 21.1. The number of halogens is 1. The minimum Gasteiger partial charge on any atom is -0.398 e. The fourth-order valence-electron chi connectivity index (χ4n) is 4.93. The molecule has 196 valence electrons. The standard InChI is InChI=1S/C28H29FN6O3/c1-16(36)35-10-7-23(34-18-8-11-38-12-9-18)22(15-35)26(30)20-4-2-3-19-21(20)14-33-27(25(19)29)17-5-6-24(28(31)37)32-13-17/h2-6,13-14,18H,7-12,15,30H2,1H3,(H2,31,37). The van der Waals surface area contributed by atoms with Crippen molar-refractivity contribution < 1.29 is 18.7 Å². The summed E-state index contributed by atoms with van der Waals surface area (Å²) in [4.78, 5) is 38.7. The number of ether oxygens (including phenoxy) is 1. The van der Waals surface area contributed by atoms with Gasteiger partial charge in [0, 0.05) is 90.9 Å². The zero-order valence-electron chi connectivity index (χ0n) is 21.1. The number of rotatable bonds is 4. The largest absolute Gasteiger partial charge is 0.398 e.